The van der Waals surface area contributed by atoms with E-state index in [2.05, 4.69) is 10.3 Å². The Kier molecular flexibility index (Phi) is 3.71. The van der Waals surface area contributed by atoms with Crippen LogP contribution in [-0.2, 0) is 6.54 Å². The van der Waals surface area contributed by atoms with E-state index in [1.54, 1.807) is 29.1 Å². The van der Waals surface area contributed by atoms with Gasteiger partial charge < -0.3 is 10.4 Å². The SMILES string of the molecule is CC(NCc1cncs1)c1ccc(O)cc1F. The molecular weight excluding hydrogens is 239 g/mol. The second kappa shape index (κ2) is 5.25. The van der Waals surface area contributed by atoms with E-state index in [9.17, 15) is 4.39 Å². The quantitative estimate of drug-likeness (QED) is 0.879. The van der Waals surface area contributed by atoms with Crippen molar-refractivity contribution < 1.29 is 9.50 Å². The van der Waals surface area contributed by atoms with Gasteiger partial charge >= 0.3 is 0 Å². The average Bonchev–Trinajstić information content (AvgIpc) is 2.78. The van der Waals surface area contributed by atoms with E-state index < -0.39 is 5.82 Å². The molecule has 1 atom stereocenters. The van der Waals surface area contributed by atoms with Crippen molar-refractivity contribution in [1.29, 1.82) is 0 Å². The van der Waals surface area contributed by atoms with Gasteiger partial charge in [0, 0.05) is 35.3 Å². The third-order valence-electron chi connectivity index (χ3n) is 2.52. The number of halogens is 1. The van der Waals surface area contributed by atoms with Gasteiger partial charge in [-0.25, -0.2) is 4.39 Å². The largest absolute Gasteiger partial charge is 0.508 e. The minimum Gasteiger partial charge on any atom is -0.508 e. The van der Waals surface area contributed by atoms with Crippen LogP contribution in [0.3, 0.4) is 0 Å². The molecule has 1 aromatic heterocycles. The number of thiazole rings is 1. The monoisotopic (exact) mass is 252 g/mol. The fourth-order valence-electron chi connectivity index (χ4n) is 1.56. The molecule has 2 N–H and O–H groups in total. The molecule has 5 heteroatoms. The number of aromatic nitrogens is 1. The summed E-state index contributed by atoms with van der Waals surface area (Å²) >= 11 is 1.56. The standard InChI is InChI=1S/C12H13FN2OS/c1-8(15-6-10-5-14-7-17-10)11-3-2-9(16)4-12(11)13/h2-5,7-8,15-16H,6H2,1H3. The van der Waals surface area contributed by atoms with Crippen molar-refractivity contribution in [2.45, 2.75) is 19.5 Å². The topological polar surface area (TPSA) is 45.2 Å². The third kappa shape index (κ3) is 3.01. The molecule has 0 saturated heterocycles. The van der Waals surface area contributed by atoms with Gasteiger partial charge in [-0.1, -0.05) is 6.07 Å². The van der Waals surface area contributed by atoms with E-state index in [1.165, 1.54) is 6.07 Å². The highest BCUT2D eigenvalue weighted by atomic mass is 32.1. The van der Waals surface area contributed by atoms with Crippen LogP contribution in [0.5, 0.6) is 5.75 Å². The van der Waals surface area contributed by atoms with Gasteiger partial charge in [-0.05, 0) is 13.0 Å². The highest BCUT2D eigenvalue weighted by Gasteiger charge is 2.11. The summed E-state index contributed by atoms with van der Waals surface area (Å²) in [6.45, 7) is 2.54. The minimum atomic E-state index is -0.394. The molecule has 17 heavy (non-hydrogen) atoms. The molecule has 3 nitrogen and oxygen atoms in total. The summed E-state index contributed by atoms with van der Waals surface area (Å²) in [5.41, 5.74) is 2.32. The zero-order valence-electron chi connectivity index (χ0n) is 9.35. The molecule has 90 valence electrons. The van der Waals surface area contributed by atoms with Gasteiger partial charge in [-0.3, -0.25) is 4.98 Å². The molecule has 1 aromatic carbocycles. The summed E-state index contributed by atoms with van der Waals surface area (Å²) in [5.74, 6) is -0.449. The first-order valence-corrected chi connectivity index (χ1v) is 6.14. The predicted octanol–water partition coefficient (Wildman–Crippen LogP) is 2.84. The van der Waals surface area contributed by atoms with Crippen LogP contribution in [0.2, 0.25) is 0 Å². The molecule has 2 rings (SSSR count). The van der Waals surface area contributed by atoms with Crippen LogP contribution >= 0.6 is 11.3 Å². The van der Waals surface area contributed by atoms with Crippen LogP contribution in [-0.4, -0.2) is 10.1 Å². The highest BCUT2D eigenvalue weighted by molar-refractivity contribution is 7.09. The lowest BCUT2D eigenvalue weighted by Gasteiger charge is -2.14. The second-order valence-corrected chi connectivity index (χ2v) is 4.75. The summed E-state index contributed by atoms with van der Waals surface area (Å²) in [6, 6.07) is 4.09. The maximum atomic E-state index is 13.6. The number of hydrogen-bond acceptors (Lipinski definition) is 4. The normalized spacial score (nSPS) is 12.6. The van der Waals surface area contributed by atoms with Crippen LogP contribution in [0, 0.1) is 5.82 Å². The average molecular weight is 252 g/mol. The first-order chi connectivity index (χ1) is 8.16. The van der Waals surface area contributed by atoms with E-state index in [-0.39, 0.29) is 11.8 Å². The Labute approximate surface area is 103 Å². The fraction of sp³-hybridized carbons (Fsp3) is 0.250. The summed E-state index contributed by atoms with van der Waals surface area (Å²) in [5, 5.41) is 12.3. The van der Waals surface area contributed by atoms with Crippen molar-refractivity contribution in [3.8, 4) is 5.75 Å². The Hall–Kier alpha value is -1.46. The van der Waals surface area contributed by atoms with Gasteiger partial charge in [0.1, 0.15) is 11.6 Å². The molecular formula is C12H13FN2OS. The van der Waals surface area contributed by atoms with Crippen LogP contribution in [0.1, 0.15) is 23.4 Å². The van der Waals surface area contributed by atoms with Crippen molar-refractivity contribution in [1.82, 2.24) is 10.3 Å². The molecule has 0 aliphatic carbocycles. The Morgan fingerprint density at radius 1 is 1.53 bits per heavy atom. The van der Waals surface area contributed by atoms with Crippen molar-refractivity contribution in [3.63, 3.8) is 0 Å². The van der Waals surface area contributed by atoms with Gasteiger partial charge in [0.25, 0.3) is 0 Å². The zero-order chi connectivity index (χ0) is 12.3. The summed E-state index contributed by atoms with van der Waals surface area (Å²) in [7, 11) is 0. The minimum absolute atomic E-state index is 0.0547. The maximum absolute atomic E-state index is 13.6. The first kappa shape index (κ1) is 12.0. The van der Waals surface area contributed by atoms with E-state index >= 15 is 0 Å². The predicted molar refractivity (Wildman–Crippen MR) is 65.4 cm³/mol. The van der Waals surface area contributed by atoms with Crippen LogP contribution in [0.15, 0.2) is 29.9 Å². The van der Waals surface area contributed by atoms with Crippen LogP contribution in [0.4, 0.5) is 4.39 Å². The molecule has 1 heterocycles. The van der Waals surface area contributed by atoms with E-state index in [4.69, 9.17) is 5.11 Å². The molecule has 0 aliphatic rings. The summed E-state index contributed by atoms with van der Waals surface area (Å²) in [6.07, 6.45) is 1.79. The fourth-order valence-corrected chi connectivity index (χ4v) is 2.11. The third-order valence-corrected chi connectivity index (χ3v) is 3.30. The lowest BCUT2D eigenvalue weighted by Crippen LogP contribution is -2.18. The van der Waals surface area contributed by atoms with Crippen LogP contribution < -0.4 is 5.32 Å². The van der Waals surface area contributed by atoms with E-state index in [1.807, 2.05) is 6.92 Å². The number of phenols is 1. The summed E-state index contributed by atoms with van der Waals surface area (Å²) < 4.78 is 13.6. The lowest BCUT2D eigenvalue weighted by atomic mass is 10.1. The molecule has 0 saturated carbocycles. The molecule has 1 unspecified atom stereocenters. The Bertz CT molecular complexity index is 487. The molecule has 0 fully saturated rings. The van der Waals surface area contributed by atoms with Gasteiger partial charge in [0.05, 0.1) is 5.51 Å². The highest BCUT2D eigenvalue weighted by Crippen LogP contribution is 2.21. The van der Waals surface area contributed by atoms with Crippen molar-refractivity contribution in [2.24, 2.45) is 0 Å². The molecule has 0 radical (unpaired) electrons. The number of nitrogens with zero attached hydrogens (tertiary/aromatic N) is 1. The molecule has 0 bridgehead atoms. The van der Waals surface area contributed by atoms with Crippen molar-refractivity contribution in [2.75, 3.05) is 0 Å². The molecule has 0 aliphatic heterocycles. The van der Waals surface area contributed by atoms with E-state index in [0.717, 1.165) is 10.9 Å². The number of benzene rings is 1. The van der Waals surface area contributed by atoms with Gasteiger partial charge in [0.2, 0.25) is 0 Å². The number of phenolic OH excluding ortho intramolecular Hbond substituents is 1. The number of nitrogens with one attached hydrogen (secondary N) is 1. The number of rotatable bonds is 4. The maximum Gasteiger partial charge on any atom is 0.131 e. The van der Waals surface area contributed by atoms with E-state index in [0.29, 0.717) is 12.1 Å². The Morgan fingerprint density at radius 3 is 3.00 bits per heavy atom. The van der Waals surface area contributed by atoms with Gasteiger partial charge in [0.15, 0.2) is 0 Å². The Balaban J connectivity index is 2.01. The number of aromatic hydroxyl groups is 1. The number of hydrogen-bond donors (Lipinski definition) is 2. The second-order valence-electron chi connectivity index (χ2n) is 3.78. The van der Waals surface area contributed by atoms with Crippen molar-refractivity contribution in [3.05, 3.63) is 46.2 Å². The Morgan fingerprint density at radius 2 is 2.35 bits per heavy atom. The van der Waals surface area contributed by atoms with Gasteiger partial charge in [-0.2, -0.15) is 0 Å². The summed E-state index contributed by atoms with van der Waals surface area (Å²) in [4.78, 5) is 5.08. The van der Waals surface area contributed by atoms with Gasteiger partial charge in [-0.15, -0.1) is 11.3 Å². The zero-order valence-corrected chi connectivity index (χ0v) is 10.2. The van der Waals surface area contributed by atoms with Crippen molar-refractivity contribution >= 4 is 11.3 Å². The molecule has 0 spiro atoms. The van der Waals surface area contributed by atoms with Crippen LogP contribution in [0.25, 0.3) is 0 Å². The molecule has 2 aromatic rings. The lowest BCUT2D eigenvalue weighted by molar-refractivity contribution is 0.463. The smallest absolute Gasteiger partial charge is 0.131 e. The molecule has 0 amide bonds. The first-order valence-electron chi connectivity index (χ1n) is 5.26.